The Morgan fingerprint density at radius 3 is 2.79 bits per heavy atom. The zero-order valence-corrected chi connectivity index (χ0v) is 14.9. The molecule has 1 aliphatic carbocycles. The number of nitrogens with one attached hydrogen (secondary N) is 1. The van der Waals surface area contributed by atoms with Gasteiger partial charge in [0, 0.05) is 24.6 Å². The first-order chi connectivity index (χ1) is 10.8. The largest absolute Gasteiger partial charge is 0.348 e. The molecule has 0 saturated heterocycles. The van der Waals surface area contributed by atoms with Crippen molar-refractivity contribution < 1.29 is 4.79 Å². The molecule has 0 radical (unpaired) electrons. The summed E-state index contributed by atoms with van der Waals surface area (Å²) < 4.78 is 1.71. The van der Waals surface area contributed by atoms with Crippen molar-refractivity contribution in [2.24, 2.45) is 11.7 Å². The summed E-state index contributed by atoms with van der Waals surface area (Å²) in [5.74, 6) is 0.228. The number of aromatic nitrogens is 3. The summed E-state index contributed by atoms with van der Waals surface area (Å²) >= 11 is 0. The molecule has 0 bridgehead atoms. The van der Waals surface area contributed by atoms with Gasteiger partial charge in [-0.15, -0.1) is 24.8 Å². The van der Waals surface area contributed by atoms with Gasteiger partial charge in [0.1, 0.15) is 5.69 Å². The van der Waals surface area contributed by atoms with Crippen LogP contribution in [0.4, 0.5) is 0 Å². The zero-order chi connectivity index (χ0) is 15.4. The van der Waals surface area contributed by atoms with Crippen molar-refractivity contribution in [1.82, 2.24) is 20.1 Å². The van der Waals surface area contributed by atoms with Crippen LogP contribution in [0.25, 0.3) is 5.69 Å². The second kappa shape index (κ2) is 9.61. The van der Waals surface area contributed by atoms with Crippen LogP contribution in [-0.2, 0) is 0 Å². The molecule has 0 spiro atoms. The van der Waals surface area contributed by atoms with E-state index in [2.05, 4.69) is 15.4 Å². The van der Waals surface area contributed by atoms with E-state index in [0.29, 0.717) is 18.2 Å². The first kappa shape index (κ1) is 20.4. The number of pyridine rings is 1. The van der Waals surface area contributed by atoms with E-state index in [1.54, 1.807) is 23.1 Å². The Bertz CT molecular complexity index is 635. The molecule has 1 aliphatic rings. The SMILES string of the molecule is Cl.Cl.NCC1CCCCC1NC(=O)c1cc(-n2cccn2)ccn1. The molecular formula is C16H23Cl2N5O. The molecule has 1 fully saturated rings. The molecule has 8 heteroatoms. The Kier molecular flexibility index (Phi) is 8.18. The molecule has 6 nitrogen and oxygen atoms in total. The molecule has 1 amide bonds. The zero-order valence-electron chi connectivity index (χ0n) is 13.3. The number of hydrogen-bond donors (Lipinski definition) is 2. The molecular weight excluding hydrogens is 349 g/mol. The van der Waals surface area contributed by atoms with Crippen molar-refractivity contribution in [1.29, 1.82) is 0 Å². The molecule has 0 aliphatic heterocycles. The van der Waals surface area contributed by atoms with Crippen LogP contribution in [0.5, 0.6) is 0 Å². The van der Waals surface area contributed by atoms with Crippen molar-refractivity contribution in [2.75, 3.05) is 6.54 Å². The van der Waals surface area contributed by atoms with Crippen LogP contribution in [-0.4, -0.2) is 33.3 Å². The van der Waals surface area contributed by atoms with Gasteiger partial charge in [0.15, 0.2) is 0 Å². The predicted octanol–water partition coefficient (Wildman–Crippen LogP) is 2.36. The van der Waals surface area contributed by atoms with E-state index in [1.165, 1.54) is 6.42 Å². The highest BCUT2D eigenvalue weighted by Crippen LogP contribution is 2.23. The van der Waals surface area contributed by atoms with Crippen molar-refractivity contribution >= 4 is 30.7 Å². The summed E-state index contributed by atoms with van der Waals surface area (Å²) in [6.07, 6.45) is 9.59. The van der Waals surface area contributed by atoms with E-state index in [1.807, 2.05) is 18.3 Å². The molecule has 1 saturated carbocycles. The van der Waals surface area contributed by atoms with Gasteiger partial charge >= 0.3 is 0 Å². The van der Waals surface area contributed by atoms with Crippen molar-refractivity contribution in [3.63, 3.8) is 0 Å². The highest BCUT2D eigenvalue weighted by Gasteiger charge is 2.26. The molecule has 24 heavy (non-hydrogen) atoms. The number of halogens is 2. The van der Waals surface area contributed by atoms with E-state index < -0.39 is 0 Å². The highest BCUT2D eigenvalue weighted by atomic mass is 35.5. The quantitative estimate of drug-likeness (QED) is 0.863. The van der Waals surface area contributed by atoms with Crippen LogP contribution in [0.15, 0.2) is 36.8 Å². The number of nitrogens with zero attached hydrogens (tertiary/aromatic N) is 3. The fraction of sp³-hybridized carbons (Fsp3) is 0.438. The first-order valence-corrected chi connectivity index (χ1v) is 7.75. The van der Waals surface area contributed by atoms with Gasteiger partial charge in [-0.2, -0.15) is 5.10 Å². The Balaban J connectivity index is 0.00000144. The van der Waals surface area contributed by atoms with Crippen LogP contribution in [0.1, 0.15) is 36.2 Å². The molecule has 0 aromatic carbocycles. The van der Waals surface area contributed by atoms with Gasteiger partial charge in [-0.05, 0) is 43.5 Å². The van der Waals surface area contributed by atoms with Crippen LogP contribution in [0.3, 0.4) is 0 Å². The topological polar surface area (TPSA) is 85.8 Å². The summed E-state index contributed by atoms with van der Waals surface area (Å²) in [5.41, 5.74) is 7.05. The Hall–Kier alpha value is -1.63. The lowest BCUT2D eigenvalue weighted by Crippen LogP contribution is -2.44. The normalized spacial score (nSPS) is 19.7. The summed E-state index contributed by atoms with van der Waals surface area (Å²) in [5, 5.41) is 7.27. The third kappa shape index (κ3) is 4.69. The predicted molar refractivity (Wildman–Crippen MR) is 98.1 cm³/mol. The summed E-state index contributed by atoms with van der Waals surface area (Å²) in [6, 6.07) is 5.57. The summed E-state index contributed by atoms with van der Waals surface area (Å²) in [4.78, 5) is 16.6. The molecule has 3 rings (SSSR count). The van der Waals surface area contributed by atoms with Crippen molar-refractivity contribution in [3.8, 4) is 5.69 Å². The average Bonchev–Trinajstić information content (AvgIpc) is 3.10. The van der Waals surface area contributed by atoms with Gasteiger partial charge in [0.2, 0.25) is 0 Å². The van der Waals surface area contributed by atoms with Gasteiger partial charge in [0.25, 0.3) is 5.91 Å². The van der Waals surface area contributed by atoms with Crippen LogP contribution >= 0.6 is 24.8 Å². The lowest BCUT2D eigenvalue weighted by atomic mass is 9.84. The van der Waals surface area contributed by atoms with E-state index in [4.69, 9.17) is 5.73 Å². The smallest absolute Gasteiger partial charge is 0.270 e. The van der Waals surface area contributed by atoms with Crippen LogP contribution < -0.4 is 11.1 Å². The number of carbonyl (C=O) groups is 1. The van der Waals surface area contributed by atoms with E-state index in [0.717, 1.165) is 24.9 Å². The van der Waals surface area contributed by atoms with E-state index in [9.17, 15) is 4.79 Å². The molecule has 2 aromatic rings. The van der Waals surface area contributed by atoms with Crippen molar-refractivity contribution in [2.45, 2.75) is 31.7 Å². The minimum absolute atomic E-state index is 0. The first-order valence-electron chi connectivity index (χ1n) is 7.75. The van der Waals surface area contributed by atoms with E-state index in [-0.39, 0.29) is 36.8 Å². The van der Waals surface area contributed by atoms with Gasteiger partial charge < -0.3 is 11.1 Å². The maximum atomic E-state index is 12.5. The fourth-order valence-corrected chi connectivity index (χ4v) is 3.03. The minimum Gasteiger partial charge on any atom is -0.348 e. The van der Waals surface area contributed by atoms with Gasteiger partial charge in [-0.1, -0.05) is 12.8 Å². The lowest BCUT2D eigenvalue weighted by Gasteiger charge is -2.31. The second-order valence-electron chi connectivity index (χ2n) is 5.71. The highest BCUT2D eigenvalue weighted by molar-refractivity contribution is 5.93. The van der Waals surface area contributed by atoms with Crippen LogP contribution in [0, 0.1) is 5.92 Å². The molecule has 2 aromatic heterocycles. The van der Waals surface area contributed by atoms with Gasteiger partial charge in [-0.3, -0.25) is 9.78 Å². The van der Waals surface area contributed by atoms with Gasteiger partial charge in [-0.25, -0.2) is 4.68 Å². The van der Waals surface area contributed by atoms with E-state index >= 15 is 0 Å². The monoisotopic (exact) mass is 371 g/mol. The van der Waals surface area contributed by atoms with Crippen LogP contribution in [0.2, 0.25) is 0 Å². The second-order valence-corrected chi connectivity index (χ2v) is 5.71. The fourth-order valence-electron chi connectivity index (χ4n) is 3.03. The third-order valence-electron chi connectivity index (χ3n) is 4.27. The maximum absolute atomic E-state index is 12.5. The number of amides is 1. The number of nitrogens with two attached hydrogens (primary N) is 1. The Morgan fingerprint density at radius 1 is 1.29 bits per heavy atom. The molecule has 2 heterocycles. The molecule has 3 N–H and O–H groups in total. The average molecular weight is 372 g/mol. The number of carbonyl (C=O) groups excluding carboxylic acids is 1. The number of rotatable bonds is 4. The lowest BCUT2D eigenvalue weighted by molar-refractivity contribution is 0.0903. The number of hydrogen-bond acceptors (Lipinski definition) is 4. The Morgan fingerprint density at radius 2 is 2.08 bits per heavy atom. The Labute approximate surface area is 154 Å². The van der Waals surface area contributed by atoms with Crippen molar-refractivity contribution in [3.05, 3.63) is 42.5 Å². The standard InChI is InChI=1S/C16H21N5O.2ClH/c17-11-12-4-1-2-5-14(12)20-16(22)15-10-13(6-8-18-15)21-9-3-7-19-21;;/h3,6-10,12,14H,1-2,4-5,11,17H2,(H,20,22);2*1H. The summed E-state index contributed by atoms with van der Waals surface area (Å²) in [7, 11) is 0. The molecule has 2 atom stereocenters. The minimum atomic E-state index is -0.139. The summed E-state index contributed by atoms with van der Waals surface area (Å²) in [6.45, 7) is 0.617. The molecule has 2 unspecified atom stereocenters. The van der Waals surface area contributed by atoms with Gasteiger partial charge in [0.05, 0.1) is 5.69 Å². The third-order valence-corrected chi connectivity index (χ3v) is 4.27. The maximum Gasteiger partial charge on any atom is 0.270 e. The molecule has 132 valence electrons.